The van der Waals surface area contributed by atoms with Crippen LogP contribution in [0.2, 0.25) is 5.02 Å². The molecule has 3 aromatic rings. The molecule has 0 aliphatic rings. The second kappa shape index (κ2) is 9.41. The van der Waals surface area contributed by atoms with E-state index < -0.39 is 11.7 Å². The average molecular weight is 416 g/mol. The molecule has 0 fully saturated rings. The number of hydrogen-bond acceptors (Lipinski definition) is 4. The highest BCUT2D eigenvalue weighted by Crippen LogP contribution is 2.27. The minimum atomic E-state index is -1.17. The van der Waals surface area contributed by atoms with Crippen LogP contribution in [0.5, 0.6) is 11.5 Å². The largest absolute Gasteiger partial charge is 0.872 e. The van der Waals surface area contributed by atoms with Crippen molar-refractivity contribution in [2.24, 2.45) is 0 Å². The van der Waals surface area contributed by atoms with Crippen molar-refractivity contribution in [2.75, 3.05) is 14.1 Å². The SMILES string of the molecule is CC(=O)c1cc(Cl)cc(C[NH+](C)C)c1O.O=C(O)c1c([O-])ccc2ccccc12. The Labute approximate surface area is 173 Å². The number of carbonyl (C=O) groups is 2. The quantitative estimate of drug-likeness (QED) is 0.568. The molecule has 0 saturated carbocycles. The van der Waals surface area contributed by atoms with Crippen molar-refractivity contribution in [1.29, 1.82) is 0 Å². The van der Waals surface area contributed by atoms with E-state index in [9.17, 15) is 19.8 Å². The number of ketones is 1. The van der Waals surface area contributed by atoms with E-state index in [4.69, 9.17) is 16.7 Å². The molecule has 0 atom stereocenters. The molecule has 0 heterocycles. The smallest absolute Gasteiger partial charge is 0.335 e. The Hall–Kier alpha value is -3.09. The number of quaternary nitrogens is 1. The number of rotatable bonds is 4. The van der Waals surface area contributed by atoms with Gasteiger partial charge in [-0.1, -0.05) is 53.7 Å². The maximum absolute atomic E-state index is 11.3. The van der Waals surface area contributed by atoms with Gasteiger partial charge in [-0.25, -0.2) is 4.79 Å². The average Bonchev–Trinajstić information content (AvgIpc) is 2.63. The monoisotopic (exact) mass is 415 g/mol. The molecule has 0 aliphatic carbocycles. The molecule has 3 aromatic carbocycles. The van der Waals surface area contributed by atoms with Crippen molar-refractivity contribution >= 4 is 34.1 Å². The number of phenolic OH excluding ortho intramolecular Hbond substituents is 1. The van der Waals surface area contributed by atoms with Crippen LogP contribution in [0, 0.1) is 0 Å². The van der Waals surface area contributed by atoms with Gasteiger partial charge in [0.05, 0.1) is 30.8 Å². The predicted octanol–water partition coefficient (Wildman–Crippen LogP) is 2.50. The lowest BCUT2D eigenvalue weighted by molar-refractivity contribution is -0.872. The molecular formula is C22H22ClNO5. The minimum Gasteiger partial charge on any atom is -0.872 e. The number of aromatic hydroxyl groups is 1. The van der Waals surface area contributed by atoms with Gasteiger partial charge in [-0.2, -0.15) is 0 Å². The fourth-order valence-corrected chi connectivity index (χ4v) is 3.15. The zero-order valence-corrected chi connectivity index (χ0v) is 17.1. The van der Waals surface area contributed by atoms with E-state index in [0.29, 0.717) is 28.1 Å². The maximum atomic E-state index is 11.3. The first-order chi connectivity index (χ1) is 13.6. The maximum Gasteiger partial charge on any atom is 0.335 e. The van der Waals surface area contributed by atoms with Crippen LogP contribution in [0.1, 0.15) is 33.2 Å². The zero-order valence-electron chi connectivity index (χ0n) is 16.3. The second-order valence-corrected chi connectivity index (χ2v) is 7.30. The number of hydrogen-bond donors (Lipinski definition) is 3. The summed E-state index contributed by atoms with van der Waals surface area (Å²) in [4.78, 5) is 23.2. The normalized spacial score (nSPS) is 10.5. The van der Waals surface area contributed by atoms with Gasteiger partial charge in [0.2, 0.25) is 0 Å². The molecule has 0 unspecified atom stereocenters. The Balaban J connectivity index is 0.000000207. The molecule has 7 heteroatoms. The van der Waals surface area contributed by atoms with E-state index in [1.54, 1.807) is 36.4 Å². The van der Waals surface area contributed by atoms with E-state index in [1.807, 2.05) is 14.1 Å². The highest BCUT2D eigenvalue weighted by molar-refractivity contribution is 6.31. The molecule has 3 rings (SSSR count). The fourth-order valence-electron chi connectivity index (χ4n) is 2.91. The van der Waals surface area contributed by atoms with Crippen molar-refractivity contribution < 1.29 is 29.8 Å². The number of benzene rings is 3. The highest BCUT2D eigenvalue weighted by Gasteiger charge is 2.14. The molecule has 0 amide bonds. The molecule has 0 spiro atoms. The molecule has 6 nitrogen and oxygen atoms in total. The van der Waals surface area contributed by atoms with E-state index in [1.165, 1.54) is 19.1 Å². The molecule has 0 aliphatic heterocycles. The van der Waals surface area contributed by atoms with Crippen molar-refractivity contribution in [1.82, 2.24) is 0 Å². The highest BCUT2D eigenvalue weighted by atomic mass is 35.5. The summed E-state index contributed by atoms with van der Waals surface area (Å²) >= 11 is 5.88. The first kappa shape index (κ1) is 22.2. The van der Waals surface area contributed by atoms with Gasteiger partial charge in [-0.3, -0.25) is 4.79 Å². The third-order valence-electron chi connectivity index (χ3n) is 4.18. The summed E-state index contributed by atoms with van der Waals surface area (Å²) in [5.74, 6) is -1.75. The molecule has 0 radical (unpaired) electrons. The number of nitrogens with one attached hydrogen (secondary N) is 1. The van der Waals surface area contributed by atoms with Gasteiger partial charge in [0.15, 0.2) is 5.78 Å². The van der Waals surface area contributed by atoms with Crippen LogP contribution >= 0.6 is 11.6 Å². The van der Waals surface area contributed by atoms with E-state index in [0.717, 1.165) is 10.3 Å². The first-order valence-electron chi connectivity index (χ1n) is 8.85. The van der Waals surface area contributed by atoms with Crippen LogP contribution in [0.4, 0.5) is 0 Å². The van der Waals surface area contributed by atoms with E-state index >= 15 is 0 Å². The Morgan fingerprint density at radius 3 is 2.34 bits per heavy atom. The lowest BCUT2D eigenvalue weighted by Gasteiger charge is -2.12. The van der Waals surface area contributed by atoms with Crippen LogP contribution in [0.15, 0.2) is 48.5 Å². The van der Waals surface area contributed by atoms with Crippen LogP contribution in [0.25, 0.3) is 10.8 Å². The number of Topliss-reactive ketones (excluding diaryl/α,β-unsaturated/α-hetero) is 1. The number of carboxylic acid groups (broad SMARTS) is 1. The Morgan fingerprint density at radius 2 is 1.76 bits per heavy atom. The van der Waals surface area contributed by atoms with Crippen LogP contribution in [0.3, 0.4) is 0 Å². The molecular weight excluding hydrogens is 394 g/mol. The topological polar surface area (TPSA) is 102 Å². The number of carbonyl (C=O) groups excluding carboxylic acids is 1. The third-order valence-corrected chi connectivity index (χ3v) is 4.40. The zero-order chi connectivity index (χ0) is 21.7. The molecule has 0 bridgehead atoms. The summed E-state index contributed by atoms with van der Waals surface area (Å²) in [6.45, 7) is 2.05. The second-order valence-electron chi connectivity index (χ2n) is 6.87. The van der Waals surface area contributed by atoms with Gasteiger partial charge in [0.1, 0.15) is 12.3 Å². The summed E-state index contributed by atoms with van der Waals surface area (Å²) in [7, 11) is 3.93. The lowest BCUT2D eigenvalue weighted by atomic mass is 10.0. The summed E-state index contributed by atoms with van der Waals surface area (Å²) in [5.41, 5.74) is 0.842. The number of carboxylic acids is 1. The fraction of sp³-hybridized carbons (Fsp3) is 0.182. The number of halogens is 1. The Bertz CT molecular complexity index is 1060. The summed E-state index contributed by atoms with van der Waals surface area (Å²) in [6.07, 6.45) is 0. The lowest BCUT2D eigenvalue weighted by Crippen LogP contribution is -3.04. The standard InChI is InChI=1S/C11H14ClNO2.C11H8O3/c1-7(14)10-5-9(12)4-8(11(10)15)6-13(2)3;12-9-6-5-7-3-1-2-4-8(7)10(9)11(13)14/h4-5,15H,6H2,1-3H3;1-6,12H,(H,13,14). The van der Waals surface area contributed by atoms with Gasteiger partial charge in [0.25, 0.3) is 0 Å². The summed E-state index contributed by atoms with van der Waals surface area (Å²) in [5, 5.41) is 31.7. The summed E-state index contributed by atoms with van der Waals surface area (Å²) in [6, 6.07) is 13.0. The number of phenols is 1. The number of aromatic carboxylic acids is 1. The Morgan fingerprint density at radius 1 is 1.10 bits per heavy atom. The third kappa shape index (κ3) is 5.47. The molecule has 0 saturated heterocycles. The minimum absolute atomic E-state index is 0.0492. The van der Waals surface area contributed by atoms with Crippen molar-refractivity contribution in [2.45, 2.75) is 13.5 Å². The van der Waals surface area contributed by atoms with Crippen molar-refractivity contribution in [3.05, 3.63) is 70.2 Å². The molecule has 152 valence electrons. The van der Waals surface area contributed by atoms with Gasteiger partial charge < -0.3 is 20.2 Å². The molecule has 3 N–H and O–H groups in total. The van der Waals surface area contributed by atoms with E-state index in [2.05, 4.69) is 0 Å². The summed E-state index contributed by atoms with van der Waals surface area (Å²) < 4.78 is 0. The van der Waals surface area contributed by atoms with Gasteiger partial charge in [-0.05, 0) is 29.8 Å². The molecule has 0 aromatic heterocycles. The van der Waals surface area contributed by atoms with Crippen LogP contribution in [-0.4, -0.2) is 36.1 Å². The first-order valence-corrected chi connectivity index (χ1v) is 9.23. The van der Waals surface area contributed by atoms with Gasteiger partial charge in [0, 0.05) is 5.02 Å². The Kier molecular flexibility index (Phi) is 7.20. The van der Waals surface area contributed by atoms with Gasteiger partial charge in [-0.15, -0.1) is 0 Å². The van der Waals surface area contributed by atoms with E-state index in [-0.39, 0.29) is 17.1 Å². The van der Waals surface area contributed by atoms with Crippen LogP contribution < -0.4 is 10.0 Å². The van der Waals surface area contributed by atoms with Crippen LogP contribution in [-0.2, 0) is 6.54 Å². The van der Waals surface area contributed by atoms with Crippen molar-refractivity contribution in [3.63, 3.8) is 0 Å². The number of fused-ring (bicyclic) bond motifs is 1. The van der Waals surface area contributed by atoms with Crippen molar-refractivity contribution in [3.8, 4) is 11.5 Å². The van der Waals surface area contributed by atoms with Gasteiger partial charge >= 0.3 is 5.97 Å². The molecule has 29 heavy (non-hydrogen) atoms. The predicted molar refractivity (Wildman–Crippen MR) is 110 cm³/mol.